The number of nitrogens with zero attached hydrogens (tertiary/aromatic N) is 4. The molecule has 0 spiro atoms. The predicted molar refractivity (Wildman–Crippen MR) is 87.9 cm³/mol. The number of carboxylic acids is 1. The Balaban J connectivity index is 2.05. The topological polar surface area (TPSA) is 106 Å². The molecule has 0 saturated heterocycles. The Bertz CT molecular complexity index is 729. The van der Waals surface area contributed by atoms with E-state index >= 15 is 0 Å². The molecule has 1 aromatic heterocycles. The molecular weight excluding hydrogens is 326 g/mol. The molecule has 0 amide bonds. The Kier molecular flexibility index (Phi) is 5.56. The largest absolute Gasteiger partial charge is 0.481 e. The zero-order valence-electron chi connectivity index (χ0n) is 11.3. The van der Waals surface area contributed by atoms with Crippen LogP contribution in [0.2, 0.25) is 5.02 Å². The van der Waals surface area contributed by atoms with Crippen molar-refractivity contribution in [3.63, 3.8) is 0 Å². The van der Waals surface area contributed by atoms with Crippen molar-refractivity contribution in [2.75, 3.05) is 5.75 Å². The van der Waals surface area contributed by atoms with Crippen LogP contribution in [-0.4, -0.2) is 38.0 Å². The molecule has 0 aliphatic rings. The number of aromatic nitrogens is 2. The first kappa shape index (κ1) is 16.1. The molecule has 0 unspecified atom stereocenters. The molecule has 7 nitrogen and oxygen atoms in total. The van der Waals surface area contributed by atoms with Gasteiger partial charge in [-0.2, -0.15) is 10.2 Å². The lowest BCUT2D eigenvalue weighted by Gasteiger charge is -2.00. The lowest BCUT2D eigenvalue weighted by Crippen LogP contribution is -2.11. The number of thioether (sulfide) groups is 1. The average Bonchev–Trinajstić information content (AvgIpc) is 2.96. The Morgan fingerprint density at radius 2 is 2.36 bits per heavy atom. The fraction of sp³-hybridized carbons (Fsp3) is 0.0769. The third-order valence-corrected chi connectivity index (χ3v) is 3.34. The fourth-order valence-corrected chi connectivity index (χ4v) is 2.02. The van der Waals surface area contributed by atoms with Crippen LogP contribution in [0.15, 0.2) is 46.9 Å². The third-order valence-electron chi connectivity index (χ3n) is 2.45. The highest BCUT2D eigenvalue weighted by Crippen LogP contribution is 2.14. The van der Waals surface area contributed by atoms with E-state index in [1.807, 2.05) is 12.1 Å². The van der Waals surface area contributed by atoms with E-state index in [1.54, 1.807) is 29.2 Å². The van der Waals surface area contributed by atoms with Gasteiger partial charge in [0.15, 0.2) is 5.84 Å². The number of nitrogens with two attached hydrogens (primary N) is 1. The van der Waals surface area contributed by atoms with Crippen LogP contribution >= 0.6 is 23.4 Å². The Morgan fingerprint density at radius 1 is 1.55 bits per heavy atom. The molecule has 2 aromatic rings. The van der Waals surface area contributed by atoms with Gasteiger partial charge in [0.1, 0.15) is 0 Å². The molecule has 1 aromatic carbocycles. The van der Waals surface area contributed by atoms with Gasteiger partial charge in [0.2, 0.25) is 0 Å². The number of halogens is 1. The number of carboxylic acid groups (broad SMARTS) is 1. The van der Waals surface area contributed by atoms with Crippen molar-refractivity contribution in [2.24, 2.45) is 15.9 Å². The summed E-state index contributed by atoms with van der Waals surface area (Å²) in [7, 11) is 0. The van der Waals surface area contributed by atoms with E-state index in [0.717, 1.165) is 17.4 Å². The monoisotopic (exact) mass is 337 g/mol. The normalized spacial score (nSPS) is 12.0. The SMILES string of the molecule is N/C(=N\N=C\SCC(=O)O)c1cnn(-c2cccc(Cl)c2)c1. The summed E-state index contributed by atoms with van der Waals surface area (Å²) in [6.45, 7) is 0. The number of benzene rings is 1. The van der Waals surface area contributed by atoms with Gasteiger partial charge in [-0.25, -0.2) is 4.68 Å². The van der Waals surface area contributed by atoms with Gasteiger partial charge < -0.3 is 10.8 Å². The van der Waals surface area contributed by atoms with Crippen molar-refractivity contribution in [1.29, 1.82) is 0 Å². The number of rotatable bonds is 6. The minimum atomic E-state index is -0.920. The van der Waals surface area contributed by atoms with Gasteiger partial charge in [-0.05, 0) is 18.2 Å². The number of aliphatic carboxylic acids is 1. The lowest BCUT2D eigenvalue weighted by atomic mass is 10.3. The molecule has 2 rings (SSSR count). The highest BCUT2D eigenvalue weighted by Gasteiger charge is 2.04. The Morgan fingerprint density at radius 3 is 3.09 bits per heavy atom. The molecule has 0 fully saturated rings. The van der Waals surface area contributed by atoms with E-state index in [0.29, 0.717) is 10.6 Å². The molecule has 0 aliphatic heterocycles. The summed E-state index contributed by atoms with van der Waals surface area (Å²) < 4.78 is 1.62. The molecule has 0 atom stereocenters. The zero-order chi connectivity index (χ0) is 15.9. The summed E-state index contributed by atoms with van der Waals surface area (Å²) in [6, 6.07) is 7.22. The summed E-state index contributed by atoms with van der Waals surface area (Å²) >= 11 is 6.94. The van der Waals surface area contributed by atoms with Crippen LogP contribution in [0, 0.1) is 0 Å². The summed E-state index contributed by atoms with van der Waals surface area (Å²) in [5.74, 6) is -0.817. The molecule has 0 saturated carbocycles. The molecular formula is C13H12ClN5O2S. The van der Waals surface area contributed by atoms with Crippen molar-refractivity contribution in [3.8, 4) is 5.69 Å². The number of carbonyl (C=O) groups is 1. The maximum atomic E-state index is 10.3. The van der Waals surface area contributed by atoms with Crippen LogP contribution in [0.3, 0.4) is 0 Å². The van der Waals surface area contributed by atoms with Gasteiger partial charge >= 0.3 is 5.97 Å². The predicted octanol–water partition coefficient (Wildman–Crippen LogP) is 1.99. The first-order valence-electron chi connectivity index (χ1n) is 6.05. The standard InChI is InChI=1S/C13H12ClN5O2S/c14-10-2-1-3-11(4-10)19-6-9(5-17-19)13(15)18-16-8-22-7-12(20)21/h1-6,8H,7H2,(H2,15,18)(H,20,21)/b16-8+. The fourth-order valence-electron chi connectivity index (χ4n) is 1.50. The van der Waals surface area contributed by atoms with E-state index in [4.69, 9.17) is 22.4 Å². The molecule has 3 N–H and O–H groups in total. The molecule has 1 heterocycles. The highest BCUT2D eigenvalue weighted by atomic mass is 35.5. The molecule has 0 radical (unpaired) electrons. The Hall–Kier alpha value is -2.32. The van der Waals surface area contributed by atoms with Crippen LogP contribution in [0.25, 0.3) is 5.69 Å². The minimum absolute atomic E-state index is 0.0778. The maximum absolute atomic E-state index is 10.3. The van der Waals surface area contributed by atoms with Crippen molar-refractivity contribution in [2.45, 2.75) is 0 Å². The van der Waals surface area contributed by atoms with Crippen LogP contribution in [0.1, 0.15) is 5.56 Å². The van der Waals surface area contributed by atoms with Gasteiger partial charge in [0, 0.05) is 11.2 Å². The van der Waals surface area contributed by atoms with E-state index < -0.39 is 5.97 Å². The number of amidine groups is 1. The van der Waals surface area contributed by atoms with Crippen LogP contribution < -0.4 is 5.73 Å². The third kappa shape index (κ3) is 4.61. The summed E-state index contributed by atoms with van der Waals surface area (Å²) in [5, 5.41) is 20.7. The molecule has 22 heavy (non-hydrogen) atoms. The first-order valence-corrected chi connectivity index (χ1v) is 7.48. The molecule has 9 heteroatoms. The van der Waals surface area contributed by atoms with Crippen molar-refractivity contribution >= 4 is 40.7 Å². The van der Waals surface area contributed by atoms with Gasteiger partial charge in [0.05, 0.1) is 28.7 Å². The minimum Gasteiger partial charge on any atom is -0.481 e. The zero-order valence-corrected chi connectivity index (χ0v) is 12.8. The van der Waals surface area contributed by atoms with Crippen LogP contribution in [0.4, 0.5) is 0 Å². The van der Waals surface area contributed by atoms with Gasteiger partial charge in [-0.3, -0.25) is 4.79 Å². The molecule has 0 bridgehead atoms. The van der Waals surface area contributed by atoms with Gasteiger partial charge in [0.25, 0.3) is 0 Å². The highest BCUT2D eigenvalue weighted by molar-refractivity contribution is 8.12. The summed E-state index contributed by atoms with van der Waals surface area (Å²) in [4.78, 5) is 10.3. The van der Waals surface area contributed by atoms with E-state index in [1.165, 1.54) is 5.55 Å². The summed E-state index contributed by atoms with van der Waals surface area (Å²) in [5.41, 5.74) is 8.51. The van der Waals surface area contributed by atoms with Crippen molar-refractivity contribution in [3.05, 3.63) is 47.2 Å². The maximum Gasteiger partial charge on any atom is 0.313 e. The van der Waals surface area contributed by atoms with Crippen LogP contribution in [0.5, 0.6) is 0 Å². The van der Waals surface area contributed by atoms with Gasteiger partial charge in [-0.15, -0.1) is 16.9 Å². The van der Waals surface area contributed by atoms with Crippen LogP contribution in [-0.2, 0) is 4.79 Å². The second kappa shape index (κ2) is 7.62. The number of hydrogen-bond donors (Lipinski definition) is 2. The van der Waals surface area contributed by atoms with E-state index in [9.17, 15) is 4.79 Å². The van der Waals surface area contributed by atoms with Crippen molar-refractivity contribution in [1.82, 2.24) is 9.78 Å². The Labute approximate surface area is 135 Å². The van der Waals surface area contributed by atoms with E-state index in [2.05, 4.69) is 15.3 Å². The van der Waals surface area contributed by atoms with Gasteiger partial charge in [-0.1, -0.05) is 17.7 Å². The average molecular weight is 338 g/mol. The smallest absolute Gasteiger partial charge is 0.313 e. The lowest BCUT2D eigenvalue weighted by molar-refractivity contribution is -0.133. The second-order valence-electron chi connectivity index (χ2n) is 4.06. The first-order chi connectivity index (χ1) is 10.6. The summed E-state index contributed by atoms with van der Waals surface area (Å²) in [6.07, 6.45) is 3.25. The molecule has 114 valence electrons. The second-order valence-corrected chi connectivity index (χ2v) is 5.33. The quantitative estimate of drug-likeness (QED) is 0.476. The van der Waals surface area contributed by atoms with E-state index in [-0.39, 0.29) is 11.6 Å². The van der Waals surface area contributed by atoms with Crippen molar-refractivity contribution < 1.29 is 9.90 Å². The number of hydrogen-bond acceptors (Lipinski definition) is 5. The molecule has 0 aliphatic carbocycles.